The second-order valence-electron chi connectivity index (χ2n) is 4.59. The van der Waals surface area contributed by atoms with E-state index in [2.05, 4.69) is 20.6 Å². The van der Waals surface area contributed by atoms with Gasteiger partial charge in [0, 0.05) is 43.3 Å². The molecule has 1 unspecified atom stereocenters. The Morgan fingerprint density at radius 2 is 2.30 bits per heavy atom. The molecular weight excluding hydrogens is 254 g/mol. The van der Waals surface area contributed by atoms with Crippen molar-refractivity contribution in [1.29, 1.82) is 0 Å². The van der Waals surface area contributed by atoms with Crippen LogP contribution in [0.3, 0.4) is 0 Å². The zero-order chi connectivity index (χ0) is 14.4. The molecule has 6 nitrogen and oxygen atoms in total. The predicted octanol–water partition coefficient (Wildman–Crippen LogP) is 1.53. The molecule has 6 heteroatoms. The van der Waals surface area contributed by atoms with Crippen molar-refractivity contribution in [1.82, 2.24) is 19.9 Å². The zero-order valence-corrected chi connectivity index (χ0v) is 11.7. The monoisotopic (exact) mass is 273 g/mol. The van der Waals surface area contributed by atoms with Crippen LogP contribution in [0.1, 0.15) is 24.2 Å². The lowest BCUT2D eigenvalue weighted by molar-refractivity contribution is 0.0936. The van der Waals surface area contributed by atoms with E-state index in [1.807, 2.05) is 24.6 Å². The van der Waals surface area contributed by atoms with Crippen LogP contribution in [0.5, 0.6) is 0 Å². The summed E-state index contributed by atoms with van der Waals surface area (Å²) in [6.07, 6.45) is 6.96. The summed E-state index contributed by atoms with van der Waals surface area (Å²) in [6.45, 7) is 5.41. The Morgan fingerprint density at radius 3 is 3.00 bits per heavy atom. The standard InChI is InChI=1S/C14H19N5O/c1-3-16-13-8-12(4-5-17-13)14(20)18-11(2)9-19-7-6-15-10-19/h4-8,10-11H,3,9H2,1-2H3,(H,16,17)(H,18,20). The number of hydrogen-bond acceptors (Lipinski definition) is 4. The fraction of sp³-hybridized carbons (Fsp3) is 0.357. The lowest BCUT2D eigenvalue weighted by Gasteiger charge is -2.14. The smallest absolute Gasteiger partial charge is 0.251 e. The zero-order valence-electron chi connectivity index (χ0n) is 11.7. The summed E-state index contributed by atoms with van der Waals surface area (Å²) in [7, 11) is 0. The van der Waals surface area contributed by atoms with Gasteiger partial charge in [0.15, 0.2) is 0 Å². The molecule has 0 radical (unpaired) electrons. The summed E-state index contributed by atoms with van der Waals surface area (Å²) in [5.41, 5.74) is 0.605. The summed E-state index contributed by atoms with van der Waals surface area (Å²) >= 11 is 0. The Labute approximate surface area is 118 Å². The number of amides is 1. The van der Waals surface area contributed by atoms with Gasteiger partial charge in [-0.1, -0.05) is 0 Å². The van der Waals surface area contributed by atoms with Crippen LogP contribution in [0.2, 0.25) is 0 Å². The Morgan fingerprint density at radius 1 is 1.45 bits per heavy atom. The van der Waals surface area contributed by atoms with Crippen molar-refractivity contribution in [2.45, 2.75) is 26.4 Å². The molecule has 20 heavy (non-hydrogen) atoms. The highest BCUT2D eigenvalue weighted by Crippen LogP contribution is 2.07. The van der Waals surface area contributed by atoms with Gasteiger partial charge >= 0.3 is 0 Å². The minimum Gasteiger partial charge on any atom is -0.370 e. The second-order valence-corrected chi connectivity index (χ2v) is 4.59. The minimum atomic E-state index is -0.0980. The van der Waals surface area contributed by atoms with Crippen LogP contribution in [0.25, 0.3) is 0 Å². The number of carbonyl (C=O) groups excluding carboxylic acids is 1. The molecule has 0 aliphatic carbocycles. The Hall–Kier alpha value is -2.37. The van der Waals surface area contributed by atoms with Gasteiger partial charge in [-0.25, -0.2) is 9.97 Å². The van der Waals surface area contributed by atoms with E-state index in [1.165, 1.54) is 0 Å². The number of aromatic nitrogens is 3. The fourth-order valence-electron chi connectivity index (χ4n) is 1.91. The van der Waals surface area contributed by atoms with Gasteiger partial charge in [-0.2, -0.15) is 0 Å². The highest BCUT2D eigenvalue weighted by Gasteiger charge is 2.10. The van der Waals surface area contributed by atoms with Crippen molar-refractivity contribution >= 4 is 11.7 Å². The first-order valence-electron chi connectivity index (χ1n) is 6.65. The summed E-state index contributed by atoms with van der Waals surface area (Å²) in [5, 5.41) is 6.05. The van der Waals surface area contributed by atoms with Crippen molar-refractivity contribution in [2.75, 3.05) is 11.9 Å². The average Bonchev–Trinajstić information content (AvgIpc) is 2.92. The summed E-state index contributed by atoms with van der Waals surface area (Å²) < 4.78 is 1.93. The van der Waals surface area contributed by atoms with Gasteiger partial charge < -0.3 is 15.2 Å². The Kier molecular flexibility index (Phi) is 4.70. The van der Waals surface area contributed by atoms with Gasteiger partial charge in [-0.15, -0.1) is 0 Å². The predicted molar refractivity (Wildman–Crippen MR) is 77.6 cm³/mol. The molecular formula is C14H19N5O. The number of rotatable bonds is 6. The number of carbonyl (C=O) groups is 1. The lowest BCUT2D eigenvalue weighted by atomic mass is 10.2. The topological polar surface area (TPSA) is 71.8 Å². The molecule has 0 fully saturated rings. The van der Waals surface area contributed by atoms with E-state index in [0.29, 0.717) is 17.9 Å². The number of nitrogens with zero attached hydrogens (tertiary/aromatic N) is 3. The van der Waals surface area contributed by atoms with Gasteiger partial charge in [0.25, 0.3) is 5.91 Å². The summed E-state index contributed by atoms with van der Waals surface area (Å²) in [4.78, 5) is 20.3. The number of anilines is 1. The largest absolute Gasteiger partial charge is 0.370 e. The van der Waals surface area contributed by atoms with Gasteiger partial charge in [-0.05, 0) is 26.0 Å². The first kappa shape index (κ1) is 14.0. The highest BCUT2D eigenvalue weighted by molar-refractivity contribution is 5.94. The minimum absolute atomic E-state index is 0.0208. The van der Waals surface area contributed by atoms with Crippen LogP contribution >= 0.6 is 0 Å². The van der Waals surface area contributed by atoms with Crippen molar-refractivity contribution in [3.8, 4) is 0 Å². The van der Waals surface area contributed by atoms with Crippen LogP contribution in [0, 0.1) is 0 Å². The summed E-state index contributed by atoms with van der Waals surface area (Å²) in [6, 6.07) is 3.48. The van der Waals surface area contributed by atoms with Crippen LogP contribution < -0.4 is 10.6 Å². The molecule has 0 aliphatic rings. The maximum absolute atomic E-state index is 12.1. The molecule has 2 heterocycles. The van der Waals surface area contributed by atoms with E-state index in [-0.39, 0.29) is 11.9 Å². The van der Waals surface area contributed by atoms with Crippen LogP contribution in [0.15, 0.2) is 37.1 Å². The average molecular weight is 273 g/mol. The van der Waals surface area contributed by atoms with E-state index in [0.717, 1.165) is 6.54 Å². The molecule has 0 saturated heterocycles. The molecule has 2 N–H and O–H groups in total. The molecule has 2 aromatic heterocycles. The second kappa shape index (κ2) is 6.70. The first-order chi connectivity index (χ1) is 9.69. The number of pyridine rings is 1. The molecule has 0 spiro atoms. The number of nitrogens with one attached hydrogen (secondary N) is 2. The number of hydrogen-bond donors (Lipinski definition) is 2. The van der Waals surface area contributed by atoms with Crippen molar-refractivity contribution in [2.24, 2.45) is 0 Å². The Bertz CT molecular complexity index is 552. The van der Waals surface area contributed by atoms with E-state index in [1.54, 1.807) is 30.9 Å². The maximum Gasteiger partial charge on any atom is 0.251 e. The fourth-order valence-corrected chi connectivity index (χ4v) is 1.91. The van der Waals surface area contributed by atoms with Gasteiger partial charge in [-0.3, -0.25) is 4.79 Å². The highest BCUT2D eigenvalue weighted by atomic mass is 16.1. The molecule has 1 amide bonds. The van der Waals surface area contributed by atoms with Crippen molar-refractivity contribution < 1.29 is 4.79 Å². The van der Waals surface area contributed by atoms with Gasteiger partial charge in [0.05, 0.1) is 6.33 Å². The van der Waals surface area contributed by atoms with Gasteiger partial charge in [0.2, 0.25) is 0 Å². The SMILES string of the molecule is CCNc1cc(C(=O)NC(C)Cn2ccnc2)ccn1. The van der Waals surface area contributed by atoms with Crippen LogP contribution in [-0.2, 0) is 6.54 Å². The third kappa shape index (κ3) is 3.81. The number of imidazole rings is 1. The van der Waals surface area contributed by atoms with E-state index < -0.39 is 0 Å². The molecule has 0 aliphatic heterocycles. The third-order valence-electron chi connectivity index (χ3n) is 2.80. The lowest BCUT2D eigenvalue weighted by Crippen LogP contribution is -2.35. The molecule has 106 valence electrons. The van der Waals surface area contributed by atoms with Gasteiger partial charge in [0.1, 0.15) is 5.82 Å². The molecule has 2 aromatic rings. The Balaban J connectivity index is 1.95. The normalized spacial score (nSPS) is 11.9. The van der Waals surface area contributed by atoms with E-state index in [4.69, 9.17) is 0 Å². The van der Waals surface area contributed by atoms with E-state index in [9.17, 15) is 4.79 Å². The molecule has 1 atom stereocenters. The van der Waals surface area contributed by atoms with E-state index >= 15 is 0 Å². The van der Waals surface area contributed by atoms with Crippen LogP contribution in [0.4, 0.5) is 5.82 Å². The van der Waals surface area contributed by atoms with Crippen molar-refractivity contribution in [3.05, 3.63) is 42.6 Å². The summed E-state index contributed by atoms with van der Waals surface area (Å²) in [5.74, 6) is 0.613. The third-order valence-corrected chi connectivity index (χ3v) is 2.80. The first-order valence-corrected chi connectivity index (χ1v) is 6.65. The van der Waals surface area contributed by atoms with Crippen molar-refractivity contribution in [3.63, 3.8) is 0 Å². The maximum atomic E-state index is 12.1. The molecule has 0 aromatic carbocycles. The molecule has 0 bridgehead atoms. The van der Waals surface area contributed by atoms with Crippen LogP contribution in [-0.4, -0.2) is 33.0 Å². The quantitative estimate of drug-likeness (QED) is 0.837. The molecule has 0 saturated carbocycles. The molecule has 2 rings (SSSR count).